The van der Waals surface area contributed by atoms with Crippen LogP contribution in [0.25, 0.3) is 15.9 Å². The Hall–Kier alpha value is -3.45. The average molecular weight is 447 g/mol. The molecule has 4 rings (SSSR count). The number of amides is 2. The molecule has 0 atom stereocenters. The van der Waals surface area contributed by atoms with E-state index in [1.807, 2.05) is 81.9 Å². The highest BCUT2D eigenvalue weighted by molar-refractivity contribution is 7.21. The van der Waals surface area contributed by atoms with Gasteiger partial charge in [-0.2, -0.15) is 0 Å². The Kier molecular flexibility index (Phi) is 5.84. The number of thiophene rings is 1. The summed E-state index contributed by atoms with van der Waals surface area (Å²) in [4.78, 5) is 31.7. The van der Waals surface area contributed by atoms with Gasteiger partial charge in [-0.1, -0.05) is 17.7 Å². The second-order valence-corrected chi connectivity index (χ2v) is 9.13. The second kappa shape index (κ2) is 8.59. The van der Waals surface area contributed by atoms with Gasteiger partial charge in [-0.15, -0.1) is 11.3 Å². The van der Waals surface area contributed by atoms with Crippen molar-refractivity contribution in [1.29, 1.82) is 0 Å². The molecule has 0 saturated carbocycles. The van der Waals surface area contributed by atoms with Gasteiger partial charge in [0.15, 0.2) is 0 Å². The molecule has 6 nitrogen and oxygen atoms in total. The SMILES string of the molecule is Cc1cc(C)c(NC(=O)CNC(=O)c2sc3nc(C)cc(C)c3c2-n2cccc2)c(C)c1. The summed E-state index contributed by atoms with van der Waals surface area (Å²) >= 11 is 1.35. The van der Waals surface area contributed by atoms with Crippen molar-refractivity contribution in [2.24, 2.45) is 0 Å². The van der Waals surface area contributed by atoms with Crippen LogP contribution in [0.15, 0.2) is 42.7 Å². The Balaban J connectivity index is 1.59. The number of benzene rings is 1. The molecule has 2 amide bonds. The lowest BCUT2D eigenvalue weighted by atomic mass is 10.1. The molecular formula is C25H26N4O2S. The zero-order chi connectivity index (χ0) is 23.0. The summed E-state index contributed by atoms with van der Waals surface area (Å²) in [5, 5.41) is 6.67. The lowest BCUT2D eigenvalue weighted by molar-refractivity contribution is -0.115. The van der Waals surface area contributed by atoms with Crippen molar-refractivity contribution in [3.8, 4) is 5.69 Å². The van der Waals surface area contributed by atoms with Crippen molar-refractivity contribution < 1.29 is 9.59 Å². The molecule has 3 heterocycles. The third-order valence-corrected chi connectivity index (χ3v) is 6.45. The van der Waals surface area contributed by atoms with Gasteiger partial charge in [0.25, 0.3) is 5.91 Å². The molecule has 3 aromatic heterocycles. The van der Waals surface area contributed by atoms with Crippen molar-refractivity contribution in [2.75, 3.05) is 11.9 Å². The van der Waals surface area contributed by atoms with Crippen molar-refractivity contribution in [1.82, 2.24) is 14.9 Å². The maximum Gasteiger partial charge on any atom is 0.264 e. The van der Waals surface area contributed by atoms with Crippen molar-refractivity contribution in [3.63, 3.8) is 0 Å². The van der Waals surface area contributed by atoms with Gasteiger partial charge in [0, 0.05) is 29.2 Å². The van der Waals surface area contributed by atoms with Gasteiger partial charge in [0.05, 0.1) is 12.2 Å². The largest absolute Gasteiger partial charge is 0.342 e. The fraction of sp³-hybridized carbons (Fsp3) is 0.240. The molecule has 0 saturated heterocycles. The molecule has 0 spiro atoms. The Bertz CT molecular complexity index is 1310. The molecule has 0 aliphatic rings. The predicted molar refractivity (Wildman–Crippen MR) is 130 cm³/mol. The van der Waals surface area contributed by atoms with E-state index in [2.05, 4.69) is 15.6 Å². The van der Waals surface area contributed by atoms with E-state index >= 15 is 0 Å². The first-order valence-electron chi connectivity index (χ1n) is 10.4. The summed E-state index contributed by atoms with van der Waals surface area (Å²) in [5.74, 6) is -0.552. The molecule has 7 heteroatoms. The lowest BCUT2D eigenvalue weighted by Gasteiger charge is -2.13. The Morgan fingerprint density at radius 1 is 0.969 bits per heavy atom. The number of anilines is 1. The summed E-state index contributed by atoms with van der Waals surface area (Å²) in [5.41, 5.74) is 6.70. The molecule has 1 aromatic carbocycles. The zero-order valence-electron chi connectivity index (χ0n) is 18.9. The standard InChI is InChI=1S/C25H26N4O2S/c1-14-10-16(3)21(17(4)11-14)28-19(30)13-26-24(31)23-22(29-8-6-7-9-29)20-15(2)12-18(5)27-25(20)32-23/h6-12H,13H2,1-5H3,(H,26,31)(H,28,30). The molecule has 164 valence electrons. The summed E-state index contributed by atoms with van der Waals surface area (Å²) in [7, 11) is 0. The fourth-order valence-corrected chi connectivity index (χ4v) is 5.32. The van der Waals surface area contributed by atoms with E-state index in [-0.39, 0.29) is 18.4 Å². The summed E-state index contributed by atoms with van der Waals surface area (Å²) in [6, 6.07) is 9.91. The van der Waals surface area contributed by atoms with Crippen molar-refractivity contribution >= 4 is 39.1 Å². The number of carbonyl (C=O) groups excluding carboxylic acids is 2. The number of nitrogens with one attached hydrogen (secondary N) is 2. The van der Waals surface area contributed by atoms with E-state index in [0.29, 0.717) is 4.88 Å². The molecule has 0 aliphatic heterocycles. The van der Waals surface area contributed by atoms with E-state index in [1.165, 1.54) is 11.3 Å². The van der Waals surface area contributed by atoms with Crippen LogP contribution >= 0.6 is 11.3 Å². The highest BCUT2D eigenvalue weighted by Crippen LogP contribution is 2.35. The number of hydrogen-bond donors (Lipinski definition) is 2. The Morgan fingerprint density at radius 3 is 2.28 bits per heavy atom. The monoisotopic (exact) mass is 446 g/mol. The van der Waals surface area contributed by atoms with Gasteiger partial charge in [-0.25, -0.2) is 4.98 Å². The van der Waals surface area contributed by atoms with Gasteiger partial charge in [0.2, 0.25) is 5.91 Å². The van der Waals surface area contributed by atoms with Crippen LogP contribution in [-0.4, -0.2) is 27.9 Å². The number of nitrogens with zero attached hydrogens (tertiary/aromatic N) is 2. The van der Waals surface area contributed by atoms with Crippen LogP contribution in [0.4, 0.5) is 5.69 Å². The summed E-state index contributed by atoms with van der Waals surface area (Å²) in [6.45, 7) is 9.81. The predicted octanol–water partition coefficient (Wildman–Crippen LogP) is 5.00. The number of aryl methyl sites for hydroxylation is 5. The van der Waals surface area contributed by atoms with E-state index < -0.39 is 0 Å². The van der Waals surface area contributed by atoms with Crippen LogP contribution < -0.4 is 10.6 Å². The molecule has 0 bridgehead atoms. The number of pyridine rings is 1. The van der Waals surface area contributed by atoms with E-state index in [1.54, 1.807) is 0 Å². The molecule has 4 aromatic rings. The average Bonchev–Trinajstić information content (AvgIpc) is 3.36. The topological polar surface area (TPSA) is 76.0 Å². The fourth-order valence-electron chi connectivity index (χ4n) is 4.11. The van der Waals surface area contributed by atoms with Crippen molar-refractivity contribution in [2.45, 2.75) is 34.6 Å². The smallest absolute Gasteiger partial charge is 0.264 e. The highest BCUT2D eigenvalue weighted by Gasteiger charge is 2.22. The van der Waals surface area contributed by atoms with Crippen molar-refractivity contribution in [3.05, 3.63) is 75.6 Å². The van der Waals surface area contributed by atoms with E-state index in [9.17, 15) is 9.59 Å². The van der Waals surface area contributed by atoms with Crippen LogP contribution in [0.3, 0.4) is 0 Å². The maximum absolute atomic E-state index is 13.1. The minimum atomic E-state index is -0.291. The van der Waals surface area contributed by atoms with Gasteiger partial charge < -0.3 is 15.2 Å². The van der Waals surface area contributed by atoms with Crippen LogP contribution in [0, 0.1) is 34.6 Å². The minimum Gasteiger partial charge on any atom is -0.342 e. The first-order chi connectivity index (χ1) is 15.2. The van der Waals surface area contributed by atoms with Gasteiger partial charge in [-0.05, 0) is 69.5 Å². The first kappa shape index (κ1) is 21.8. The normalized spacial score (nSPS) is 11.0. The van der Waals surface area contributed by atoms with Gasteiger partial charge in [-0.3, -0.25) is 9.59 Å². The minimum absolute atomic E-state index is 0.115. The van der Waals surface area contributed by atoms with E-state index in [4.69, 9.17) is 0 Å². The number of hydrogen-bond acceptors (Lipinski definition) is 4. The molecular weight excluding hydrogens is 420 g/mol. The quantitative estimate of drug-likeness (QED) is 0.453. The van der Waals surface area contributed by atoms with Crippen LogP contribution in [-0.2, 0) is 4.79 Å². The summed E-state index contributed by atoms with van der Waals surface area (Å²) in [6.07, 6.45) is 3.82. The lowest BCUT2D eigenvalue weighted by Crippen LogP contribution is -2.33. The number of fused-ring (bicyclic) bond motifs is 1. The maximum atomic E-state index is 13.1. The third kappa shape index (κ3) is 4.16. The van der Waals surface area contributed by atoms with E-state index in [0.717, 1.165) is 49.5 Å². The van der Waals surface area contributed by atoms with Crippen LogP contribution in [0.1, 0.15) is 37.6 Å². The number of aromatic nitrogens is 2. The molecule has 2 N–H and O–H groups in total. The zero-order valence-corrected chi connectivity index (χ0v) is 19.7. The summed E-state index contributed by atoms with van der Waals surface area (Å²) < 4.78 is 1.93. The molecule has 0 radical (unpaired) electrons. The first-order valence-corrected chi connectivity index (χ1v) is 11.3. The highest BCUT2D eigenvalue weighted by atomic mass is 32.1. The number of rotatable bonds is 5. The van der Waals surface area contributed by atoms with Gasteiger partial charge in [0.1, 0.15) is 9.71 Å². The molecule has 0 aliphatic carbocycles. The Morgan fingerprint density at radius 2 is 1.62 bits per heavy atom. The van der Waals surface area contributed by atoms with Crippen LogP contribution in [0.5, 0.6) is 0 Å². The van der Waals surface area contributed by atoms with Gasteiger partial charge >= 0.3 is 0 Å². The molecule has 0 fully saturated rings. The van der Waals surface area contributed by atoms with Crippen LogP contribution in [0.2, 0.25) is 0 Å². The number of carbonyl (C=O) groups is 2. The third-order valence-electron chi connectivity index (χ3n) is 5.38. The molecule has 32 heavy (non-hydrogen) atoms. The molecule has 0 unspecified atom stereocenters. The second-order valence-electron chi connectivity index (χ2n) is 8.14. The Labute approximate surface area is 191 Å².